The molecule has 1 spiro atoms. The Kier molecular flexibility index (Phi) is 7.13. The molecule has 3 saturated heterocycles. The average molecular weight is 453 g/mol. The molecule has 33 heavy (non-hydrogen) atoms. The Morgan fingerprint density at radius 2 is 1.82 bits per heavy atom. The standard InChI is InChI=1S/C25H32N4O4/c1-2-19(10-17-30)26-24(32)27-22-5-3-14-29(23(22)31)21-8-6-20(7-9-21)28-15-12-25(13-16-28)11-4-18-33-25/h2,6-10,17,22H,1,3-5,11-16,18H2,(H2,26,27,32)/b19-10+/t22-/m1/s1. The third kappa shape index (κ3) is 5.27. The van der Waals surface area contributed by atoms with Crippen molar-refractivity contribution in [2.24, 2.45) is 0 Å². The molecular weight excluding hydrogens is 420 g/mol. The summed E-state index contributed by atoms with van der Waals surface area (Å²) in [6, 6.07) is 6.95. The number of hydrogen-bond acceptors (Lipinski definition) is 5. The molecule has 3 aliphatic heterocycles. The van der Waals surface area contributed by atoms with Crippen molar-refractivity contribution in [1.29, 1.82) is 0 Å². The second-order valence-electron chi connectivity index (χ2n) is 8.88. The van der Waals surface area contributed by atoms with Gasteiger partial charge in [0.25, 0.3) is 0 Å². The summed E-state index contributed by atoms with van der Waals surface area (Å²) >= 11 is 0. The van der Waals surface area contributed by atoms with Crippen molar-refractivity contribution in [2.45, 2.75) is 50.2 Å². The molecule has 0 aromatic heterocycles. The van der Waals surface area contributed by atoms with E-state index in [0.717, 1.165) is 50.3 Å². The van der Waals surface area contributed by atoms with Gasteiger partial charge < -0.3 is 25.2 Å². The van der Waals surface area contributed by atoms with Crippen LogP contribution in [0.15, 0.2) is 48.7 Å². The lowest BCUT2D eigenvalue weighted by atomic mass is 9.88. The van der Waals surface area contributed by atoms with Crippen LogP contribution in [0.2, 0.25) is 0 Å². The van der Waals surface area contributed by atoms with Crippen molar-refractivity contribution >= 4 is 29.6 Å². The highest BCUT2D eigenvalue weighted by Crippen LogP contribution is 2.37. The molecule has 8 heteroatoms. The smallest absolute Gasteiger partial charge is 0.319 e. The van der Waals surface area contributed by atoms with Crippen LogP contribution >= 0.6 is 0 Å². The van der Waals surface area contributed by atoms with Crippen molar-refractivity contribution in [1.82, 2.24) is 10.6 Å². The van der Waals surface area contributed by atoms with Gasteiger partial charge in [-0.25, -0.2) is 4.79 Å². The van der Waals surface area contributed by atoms with Gasteiger partial charge in [-0.3, -0.25) is 9.59 Å². The molecule has 0 bridgehead atoms. The predicted molar refractivity (Wildman–Crippen MR) is 127 cm³/mol. The highest BCUT2D eigenvalue weighted by atomic mass is 16.5. The van der Waals surface area contributed by atoms with E-state index in [0.29, 0.717) is 19.3 Å². The largest absolute Gasteiger partial charge is 0.375 e. The number of hydrogen-bond donors (Lipinski definition) is 2. The van der Waals surface area contributed by atoms with Crippen LogP contribution < -0.4 is 20.4 Å². The molecule has 0 radical (unpaired) electrons. The third-order valence-electron chi connectivity index (χ3n) is 6.86. The van der Waals surface area contributed by atoms with Crippen LogP contribution in [0.1, 0.15) is 38.5 Å². The number of urea groups is 1. The molecule has 0 unspecified atom stereocenters. The number of aldehydes is 1. The first-order valence-electron chi connectivity index (χ1n) is 11.7. The predicted octanol–water partition coefficient (Wildman–Crippen LogP) is 2.90. The molecule has 3 amide bonds. The van der Waals surface area contributed by atoms with E-state index in [-0.39, 0.29) is 17.2 Å². The summed E-state index contributed by atoms with van der Waals surface area (Å²) in [6.07, 6.45) is 8.95. The van der Waals surface area contributed by atoms with E-state index in [2.05, 4.69) is 34.2 Å². The maximum atomic E-state index is 13.0. The van der Waals surface area contributed by atoms with Crippen molar-refractivity contribution in [3.8, 4) is 0 Å². The van der Waals surface area contributed by atoms with Crippen LogP contribution in [0.3, 0.4) is 0 Å². The zero-order chi connectivity index (χ0) is 23.3. The van der Waals surface area contributed by atoms with Gasteiger partial charge in [0, 0.05) is 49.4 Å². The van der Waals surface area contributed by atoms with Gasteiger partial charge in [-0.15, -0.1) is 0 Å². The van der Waals surface area contributed by atoms with Gasteiger partial charge in [0.1, 0.15) is 12.3 Å². The molecule has 1 aromatic carbocycles. The molecule has 3 heterocycles. The first-order valence-corrected chi connectivity index (χ1v) is 11.7. The number of amides is 3. The van der Waals surface area contributed by atoms with E-state index in [4.69, 9.17) is 4.74 Å². The van der Waals surface area contributed by atoms with Crippen LogP contribution in [-0.4, -0.2) is 56.1 Å². The molecule has 0 aliphatic carbocycles. The van der Waals surface area contributed by atoms with Gasteiger partial charge in [-0.2, -0.15) is 0 Å². The van der Waals surface area contributed by atoms with Gasteiger partial charge in [0.05, 0.1) is 5.60 Å². The summed E-state index contributed by atoms with van der Waals surface area (Å²) in [5, 5.41) is 5.24. The number of anilines is 2. The Bertz CT molecular complexity index is 911. The molecule has 3 aliphatic rings. The summed E-state index contributed by atoms with van der Waals surface area (Å²) < 4.78 is 6.02. The Morgan fingerprint density at radius 1 is 1.09 bits per heavy atom. The lowest BCUT2D eigenvalue weighted by molar-refractivity contribution is -0.121. The summed E-state index contributed by atoms with van der Waals surface area (Å²) in [5.74, 6) is -0.137. The summed E-state index contributed by atoms with van der Waals surface area (Å²) in [6.45, 7) is 7.02. The number of nitrogens with one attached hydrogen (secondary N) is 2. The average Bonchev–Trinajstić information content (AvgIpc) is 3.28. The first-order chi connectivity index (χ1) is 16.0. The minimum absolute atomic E-state index is 0.0977. The number of nitrogens with zero attached hydrogens (tertiary/aromatic N) is 2. The SMILES string of the molecule is C=C/C(=C\C=O)NC(=O)N[C@@H]1CCCN(c2ccc(N3CCC4(CCCO4)CC3)cc2)C1=O. The third-order valence-corrected chi connectivity index (χ3v) is 6.86. The number of rotatable bonds is 6. The molecule has 0 saturated carbocycles. The molecule has 2 N–H and O–H groups in total. The van der Waals surface area contributed by atoms with Crippen LogP contribution in [0.25, 0.3) is 0 Å². The van der Waals surface area contributed by atoms with E-state index < -0.39 is 12.1 Å². The van der Waals surface area contributed by atoms with E-state index in [1.807, 2.05) is 12.1 Å². The number of carbonyl (C=O) groups is 3. The molecule has 4 rings (SSSR count). The van der Waals surface area contributed by atoms with Crippen molar-refractivity contribution in [2.75, 3.05) is 36.0 Å². The fourth-order valence-electron chi connectivity index (χ4n) is 4.99. The minimum atomic E-state index is -0.620. The molecule has 176 valence electrons. The number of benzene rings is 1. The van der Waals surface area contributed by atoms with Crippen molar-refractivity contribution in [3.05, 3.63) is 48.7 Å². The maximum absolute atomic E-state index is 13.0. The summed E-state index contributed by atoms with van der Waals surface area (Å²) in [5.41, 5.74) is 2.36. The Balaban J connectivity index is 1.35. The number of allylic oxidation sites excluding steroid dienone is 2. The second kappa shape index (κ2) is 10.2. The van der Waals surface area contributed by atoms with Gasteiger partial charge >= 0.3 is 6.03 Å². The fraction of sp³-hybridized carbons (Fsp3) is 0.480. The van der Waals surface area contributed by atoms with Gasteiger partial charge in [-0.1, -0.05) is 6.58 Å². The zero-order valence-electron chi connectivity index (χ0n) is 18.9. The van der Waals surface area contributed by atoms with Crippen molar-refractivity contribution in [3.63, 3.8) is 0 Å². The molecular formula is C25H32N4O4. The number of ether oxygens (including phenoxy) is 1. The van der Waals surface area contributed by atoms with Crippen molar-refractivity contribution < 1.29 is 19.1 Å². The Labute approximate surface area is 194 Å². The monoisotopic (exact) mass is 452 g/mol. The second-order valence-corrected chi connectivity index (χ2v) is 8.88. The number of piperidine rings is 2. The minimum Gasteiger partial charge on any atom is -0.375 e. The molecule has 8 nitrogen and oxygen atoms in total. The Hall–Kier alpha value is -3.13. The van der Waals surface area contributed by atoms with Gasteiger partial charge in [0.2, 0.25) is 5.91 Å². The molecule has 1 atom stereocenters. The zero-order valence-corrected chi connectivity index (χ0v) is 18.9. The van der Waals surface area contributed by atoms with E-state index in [9.17, 15) is 14.4 Å². The quantitative estimate of drug-likeness (QED) is 0.394. The van der Waals surface area contributed by atoms with Gasteiger partial charge in [0.15, 0.2) is 0 Å². The Morgan fingerprint density at radius 3 is 2.45 bits per heavy atom. The fourth-order valence-corrected chi connectivity index (χ4v) is 4.99. The summed E-state index contributed by atoms with van der Waals surface area (Å²) in [4.78, 5) is 40.0. The van der Waals surface area contributed by atoms with Gasteiger partial charge in [-0.05, 0) is 68.9 Å². The summed E-state index contributed by atoms with van der Waals surface area (Å²) in [7, 11) is 0. The normalized spacial score (nSPS) is 22.8. The highest BCUT2D eigenvalue weighted by molar-refractivity contribution is 6.00. The van der Waals surface area contributed by atoms with E-state index >= 15 is 0 Å². The number of carbonyl (C=O) groups excluding carboxylic acids is 3. The topological polar surface area (TPSA) is 91.0 Å². The highest BCUT2D eigenvalue weighted by Gasteiger charge is 2.38. The van der Waals surface area contributed by atoms with Crippen LogP contribution in [-0.2, 0) is 14.3 Å². The molecule has 1 aromatic rings. The van der Waals surface area contributed by atoms with Crippen LogP contribution in [0.4, 0.5) is 16.2 Å². The molecule has 3 fully saturated rings. The van der Waals surface area contributed by atoms with E-state index in [1.165, 1.54) is 25.0 Å². The van der Waals surface area contributed by atoms with Crippen LogP contribution in [0, 0.1) is 0 Å². The lowest BCUT2D eigenvalue weighted by Crippen LogP contribution is -2.54. The van der Waals surface area contributed by atoms with Crippen LogP contribution in [0.5, 0.6) is 0 Å². The lowest BCUT2D eigenvalue weighted by Gasteiger charge is -2.40. The van der Waals surface area contributed by atoms with E-state index in [1.54, 1.807) is 4.90 Å². The maximum Gasteiger partial charge on any atom is 0.319 e. The first kappa shape index (κ1) is 23.0.